The highest BCUT2D eigenvalue weighted by molar-refractivity contribution is 5.32. The van der Waals surface area contributed by atoms with Crippen LogP contribution in [0.15, 0.2) is 24.3 Å². The third-order valence-corrected chi connectivity index (χ3v) is 2.10. The normalized spacial score (nSPS) is 16.1. The molecule has 2 rings (SSSR count). The summed E-state index contributed by atoms with van der Waals surface area (Å²) >= 11 is 0. The van der Waals surface area contributed by atoms with Crippen molar-refractivity contribution in [1.29, 1.82) is 0 Å². The zero-order chi connectivity index (χ0) is 12.6. The number of nitro groups is 1. The summed E-state index contributed by atoms with van der Waals surface area (Å²) in [5, 5.41) is 18.2. The van der Waals surface area contributed by atoms with Gasteiger partial charge in [-0.15, -0.1) is 0 Å². The first-order valence-corrected chi connectivity index (χ1v) is 5.45. The van der Waals surface area contributed by atoms with Gasteiger partial charge in [0.2, 0.25) is 0 Å². The molecule has 1 aliphatic carbocycles. The number of hydrogen-bond donors (Lipinski definition) is 1. The first-order valence-electron chi connectivity index (χ1n) is 5.45. The molecule has 90 valence electrons. The zero-order valence-corrected chi connectivity index (χ0v) is 10.0. The highest BCUT2D eigenvalue weighted by Crippen LogP contribution is 2.29. The van der Waals surface area contributed by atoms with Crippen LogP contribution < -0.4 is 0 Å². The van der Waals surface area contributed by atoms with Crippen molar-refractivity contribution in [1.82, 2.24) is 0 Å². The summed E-state index contributed by atoms with van der Waals surface area (Å²) in [4.78, 5) is 8.31. The van der Waals surface area contributed by atoms with E-state index in [1.54, 1.807) is 0 Å². The second kappa shape index (κ2) is 7.82. The summed E-state index contributed by atoms with van der Waals surface area (Å²) < 4.78 is 0. The van der Waals surface area contributed by atoms with Gasteiger partial charge in [0, 0.05) is 4.92 Å². The van der Waals surface area contributed by atoms with Crippen molar-refractivity contribution in [3.05, 3.63) is 45.5 Å². The average molecular weight is 225 g/mol. The van der Waals surface area contributed by atoms with E-state index >= 15 is 0 Å². The fourth-order valence-electron chi connectivity index (χ4n) is 1.53. The van der Waals surface area contributed by atoms with Gasteiger partial charge in [-0.3, -0.25) is 10.1 Å². The Hall–Kier alpha value is -1.42. The molecule has 0 saturated carbocycles. The first kappa shape index (κ1) is 14.6. The molecular weight excluding hydrogens is 206 g/mol. The predicted octanol–water partition coefficient (Wildman–Crippen LogP) is 2.59. The molecule has 1 unspecified atom stereocenters. The van der Waals surface area contributed by atoms with Crippen LogP contribution in [0, 0.1) is 10.1 Å². The molecular formula is C12H19NO3. The molecule has 0 aromatic heterocycles. The molecule has 0 fully saturated rings. The van der Waals surface area contributed by atoms with E-state index in [0.29, 0.717) is 0 Å². The maximum atomic E-state index is 9.38. The van der Waals surface area contributed by atoms with E-state index in [9.17, 15) is 5.11 Å². The van der Waals surface area contributed by atoms with Gasteiger partial charge < -0.3 is 5.11 Å². The van der Waals surface area contributed by atoms with Crippen molar-refractivity contribution in [2.75, 3.05) is 7.05 Å². The summed E-state index contributed by atoms with van der Waals surface area (Å²) in [5.41, 5.74) is 2.44. The van der Waals surface area contributed by atoms with Crippen molar-refractivity contribution in [3.8, 4) is 0 Å². The van der Waals surface area contributed by atoms with E-state index in [-0.39, 0.29) is 6.10 Å². The minimum absolute atomic E-state index is 0.198. The Morgan fingerprint density at radius 2 is 1.88 bits per heavy atom. The second-order valence-electron chi connectivity index (χ2n) is 3.19. The smallest absolute Gasteiger partial charge is 0.194 e. The van der Waals surface area contributed by atoms with Crippen LogP contribution in [0.25, 0.3) is 0 Å². The number of fused-ring (bicyclic) bond motifs is 1. The van der Waals surface area contributed by atoms with E-state index in [2.05, 4.69) is 6.07 Å². The summed E-state index contributed by atoms with van der Waals surface area (Å²) in [7, 11) is 0.889. The molecule has 4 heteroatoms. The Morgan fingerprint density at radius 1 is 1.38 bits per heavy atom. The highest BCUT2D eigenvalue weighted by atomic mass is 16.6. The topological polar surface area (TPSA) is 63.4 Å². The van der Waals surface area contributed by atoms with Gasteiger partial charge in [0.25, 0.3) is 0 Å². The fourth-order valence-corrected chi connectivity index (χ4v) is 1.53. The zero-order valence-electron chi connectivity index (χ0n) is 10.0. The lowest BCUT2D eigenvalue weighted by Crippen LogP contribution is -1.88. The van der Waals surface area contributed by atoms with Crippen LogP contribution >= 0.6 is 0 Å². The van der Waals surface area contributed by atoms with Crippen LogP contribution in [0.3, 0.4) is 0 Å². The molecule has 1 atom stereocenters. The lowest BCUT2D eigenvalue weighted by molar-refractivity contribution is -0.445. The van der Waals surface area contributed by atoms with E-state index in [0.717, 1.165) is 25.5 Å². The van der Waals surface area contributed by atoms with Crippen LogP contribution in [-0.4, -0.2) is 17.1 Å². The lowest BCUT2D eigenvalue weighted by Gasteiger charge is -2.00. The van der Waals surface area contributed by atoms with E-state index in [1.807, 2.05) is 32.0 Å². The Kier molecular flexibility index (Phi) is 7.12. The lowest BCUT2D eigenvalue weighted by atomic mass is 10.1. The SMILES string of the molecule is CC.C[N+](=O)[O-].OC1CCc2ccccc21. The Bertz CT molecular complexity index is 322. The molecule has 1 aromatic carbocycles. The van der Waals surface area contributed by atoms with Crippen LogP contribution in [-0.2, 0) is 6.42 Å². The number of nitrogens with zero attached hydrogens (tertiary/aromatic N) is 1. The number of aryl methyl sites for hydroxylation is 1. The molecule has 0 spiro atoms. The summed E-state index contributed by atoms with van der Waals surface area (Å²) in [6.07, 6.45) is 1.74. The van der Waals surface area contributed by atoms with Gasteiger partial charge in [0.1, 0.15) is 0 Å². The van der Waals surface area contributed by atoms with Crippen LogP contribution in [0.5, 0.6) is 0 Å². The minimum Gasteiger partial charge on any atom is -0.388 e. The molecule has 0 radical (unpaired) electrons. The Balaban J connectivity index is 0.000000323. The molecule has 0 heterocycles. The van der Waals surface area contributed by atoms with Gasteiger partial charge >= 0.3 is 0 Å². The van der Waals surface area contributed by atoms with Gasteiger partial charge in [-0.1, -0.05) is 38.1 Å². The van der Waals surface area contributed by atoms with Gasteiger partial charge in [0.05, 0.1) is 6.10 Å². The quantitative estimate of drug-likeness (QED) is 0.545. The number of rotatable bonds is 0. The third-order valence-electron chi connectivity index (χ3n) is 2.10. The van der Waals surface area contributed by atoms with Crippen LogP contribution in [0.4, 0.5) is 0 Å². The van der Waals surface area contributed by atoms with E-state index < -0.39 is 4.92 Å². The Labute approximate surface area is 96.1 Å². The maximum Gasteiger partial charge on any atom is 0.194 e. The number of hydrogen-bond acceptors (Lipinski definition) is 3. The van der Waals surface area contributed by atoms with E-state index in [4.69, 9.17) is 10.1 Å². The molecule has 0 aliphatic heterocycles. The van der Waals surface area contributed by atoms with Gasteiger partial charge in [0.15, 0.2) is 7.05 Å². The Morgan fingerprint density at radius 3 is 2.38 bits per heavy atom. The van der Waals surface area contributed by atoms with Gasteiger partial charge in [-0.2, -0.15) is 0 Å². The number of aliphatic hydroxyl groups excluding tert-OH is 1. The molecule has 1 aromatic rings. The molecule has 0 saturated heterocycles. The largest absolute Gasteiger partial charge is 0.388 e. The van der Waals surface area contributed by atoms with Crippen molar-refractivity contribution < 1.29 is 10.0 Å². The van der Waals surface area contributed by atoms with Gasteiger partial charge in [-0.05, 0) is 24.0 Å². The molecule has 1 aliphatic rings. The van der Waals surface area contributed by atoms with Crippen LogP contribution in [0.1, 0.15) is 37.5 Å². The number of aliphatic hydroxyl groups is 1. The summed E-state index contributed by atoms with van der Waals surface area (Å²) in [6, 6.07) is 8.10. The molecule has 0 bridgehead atoms. The molecule has 1 N–H and O–H groups in total. The molecule has 4 nitrogen and oxygen atoms in total. The first-order chi connectivity index (χ1) is 7.61. The maximum absolute atomic E-state index is 9.38. The average Bonchev–Trinajstić information content (AvgIpc) is 2.64. The standard InChI is InChI=1S/C9H10O.C2H6.CH3NO2/c10-9-6-5-7-3-1-2-4-8(7)9;1-2;1-2(3)4/h1-4,9-10H,5-6H2;1-2H3;1H3. The van der Waals surface area contributed by atoms with Crippen molar-refractivity contribution in [2.45, 2.75) is 32.8 Å². The van der Waals surface area contributed by atoms with Crippen molar-refractivity contribution in [3.63, 3.8) is 0 Å². The third kappa shape index (κ3) is 4.89. The summed E-state index contributed by atoms with van der Waals surface area (Å²) in [6.45, 7) is 4.00. The van der Waals surface area contributed by atoms with Crippen LogP contribution in [0.2, 0.25) is 0 Å². The monoisotopic (exact) mass is 225 g/mol. The highest BCUT2D eigenvalue weighted by Gasteiger charge is 2.18. The van der Waals surface area contributed by atoms with Crippen molar-refractivity contribution in [2.24, 2.45) is 0 Å². The predicted molar refractivity (Wildman–Crippen MR) is 64.0 cm³/mol. The molecule has 0 amide bonds. The minimum atomic E-state index is -0.500. The molecule has 16 heavy (non-hydrogen) atoms. The van der Waals surface area contributed by atoms with E-state index in [1.165, 1.54) is 5.56 Å². The van der Waals surface area contributed by atoms with Gasteiger partial charge in [-0.25, -0.2) is 0 Å². The summed E-state index contributed by atoms with van der Waals surface area (Å²) in [5.74, 6) is 0. The number of benzene rings is 1. The fraction of sp³-hybridized carbons (Fsp3) is 0.500. The van der Waals surface area contributed by atoms with Crippen molar-refractivity contribution >= 4 is 0 Å². The second-order valence-corrected chi connectivity index (χ2v) is 3.19.